The van der Waals surface area contributed by atoms with E-state index in [0.29, 0.717) is 0 Å². The van der Waals surface area contributed by atoms with Crippen LogP contribution >= 0.6 is 0 Å². The summed E-state index contributed by atoms with van der Waals surface area (Å²) in [5.41, 5.74) is 0.696. The summed E-state index contributed by atoms with van der Waals surface area (Å²) in [5, 5.41) is 0.237. The first-order valence-electron chi connectivity index (χ1n) is 9.06. The van der Waals surface area contributed by atoms with Gasteiger partial charge in [-0.15, -0.1) is 6.58 Å². The fourth-order valence-corrected chi connectivity index (χ4v) is 4.04. The van der Waals surface area contributed by atoms with Gasteiger partial charge in [-0.3, -0.25) is 0 Å². The van der Waals surface area contributed by atoms with E-state index in [0.717, 1.165) is 37.9 Å². The predicted octanol–water partition coefficient (Wildman–Crippen LogP) is 5.49. The van der Waals surface area contributed by atoms with Crippen LogP contribution in [0, 0.1) is 11.3 Å². The van der Waals surface area contributed by atoms with Gasteiger partial charge in [-0.05, 0) is 49.7 Å². The summed E-state index contributed by atoms with van der Waals surface area (Å²) in [6, 6.07) is 0. The van der Waals surface area contributed by atoms with Gasteiger partial charge in [-0.25, -0.2) is 4.79 Å². The summed E-state index contributed by atoms with van der Waals surface area (Å²) in [6.45, 7) is 18.3. The molecule has 0 bridgehead atoms. The second-order valence-electron chi connectivity index (χ2n) is 8.68. The van der Waals surface area contributed by atoms with Crippen molar-refractivity contribution in [2.75, 3.05) is 13.7 Å². The fourth-order valence-electron chi connectivity index (χ4n) is 2.95. The average Bonchev–Trinajstić information content (AvgIpc) is 2.51. The van der Waals surface area contributed by atoms with Crippen LogP contribution in [-0.2, 0) is 14.0 Å². The van der Waals surface area contributed by atoms with E-state index in [2.05, 4.69) is 53.4 Å². The van der Waals surface area contributed by atoms with Crippen molar-refractivity contribution in [3.8, 4) is 0 Å². The van der Waals surface area contributed by atoms with Crippen molar-refractivity contribution in [3.05, 3.63) is 24.3 Å². The van der Waals surface area contributed by atoms with Gasteiger partial charge in [0.25, 0.3) is 0 Å². The highest BCUT2D eigenvalue weighted by molar-refractivity contribution is 6.74. The number of rotatable bonds is 7. The molecule has 3 nitrogen and oxygen atoms in total. The Kier molecular flexibility index (Phi) is 7.06. The van der Waals surface area contributed by atoms with Crippen LogP contribution in [-0.4, -0.2) is 28.0 Å². The third-order valence-electron chi connectivity index (χ3n) is 5.90. The number of allylic oxidation sites excluding steroid dienone is 2. The first-order valence-corrected chi connectivity index (χ1v) is 12.0. The molecule has 0 unspecified atom stereocenters. The lowest BCUT2D eigenvalue weighted by Gasteiger charge is -2.37. The Hall–Kier alpha value is -0.873. The molecule has 0 aliphatic heterocycles. The highest BCUT2D eigenvalue weighted by atomic mass is 28.4. The van der Waals surface area contributed by atoms with Crippen molar-refractivity contribution in [1.82, 2.24) is 0 Å². The fraction of sp³-hybridized carbons (Fsp3) is 0.750. The molecule has 138 valence electrons. The largest absolute Gasteiger partial charge is 0.466 e. The minimum absolute atomic E-state index is 0.104. The Balaban J connectivity index is 2.72. The van der Waals surface area contributed by atoms with Gasteiger partial charge in [0.05, 0.1) is 7.11 Å². The lowest BCUT2D eigenvalue weighted by molar-refractivity contribution is -0.136. The van der Waals surface area contributed by atoms with Crippen LogP contribution in [0.3, 0.4) is 0 Å². The molecule has 0 spiro atoms. The number of carbonyl (C=O) groups is 1. The molecule has 0 heterocycles. The molecule has 0 saturated carbocycles. The second kappa shape index (κ2) is 8.00. The van der Waals surface area contributed by atoms with Crippen molar-refractivity contribution >= 4 is 14.3 Å². The van der Waals surface area contributed by atoms with Gasteiger partial charge >= 0.3 is 5.97 Å². The number of hydrogen-bond donors (Lipinski definition) is 0. The van der Waals surface area contributed by atoms with E-state index in [1.807, 2.05) is 6.08 Å². The first-order chi connectivity index (χ1) is 11.0. The van der Waals surface area contributed by atoms with Gasteiger partial charge < -0.3 is 9.16 Å². The predicted molar refractivity (Wildman–Crippen MR) is 104 cm³/mol. The molecule has 0 saturated heterocycles. The third-order valence-corrected chi connectivity index (χ3v) is 10.4. The molecule has 0 aromatic carbocycles. The summed E-state index contributed by atoms with van der Waals surface area (Å²) >= 11 is 0. The maximum absolute atomic E-state index is 12.0. The van der Waals surface area contributed by atoms with Crippen molar-refractivity contribution in [2.24, 2.45) is 11.3 Å². The van der Waals surface area contributed by atoms with E-state index < -0.39 is 8.32 Å². The van der Waals surface area contributed by atoms with Gasteiger partial charge in [0.2, 0.25) is 0 Å². The Morgan fingerprint density at radius 1 is 1.46 bits per heavy atom. The molecule has 1 rings (SSSR count). The zero-order valence-corrected chi connectivity index (χ0v) is 17.7. The molecule has 0 radical (unpaired) electrons. The quantitative estimate of drug-likeness (QED) is 0.263. The summed E-state index contributed by atoms with van der Waals surface area (Å²) in [7, 11) is -0.238. The van der Waals surface area contributed by atoms with Crippen molar-refractivity contribution in [3.63, 3.8) is 0 Å². The maximum Gasteiger partial charge on any atom is 0.333 e. The van der Waals surface area contributed by atoms with Crippen LogP contribution in [0.2, 0.25) is 18.1 Å². The number of esters is 1. The molecule has 0 aromatic rings. The Morgan fingerprint density at radius 3 is 2.58 bits per heavy atom. The molecular weight excluding hydrogens is 316 g/mol. The van der Waals surface area contributed by atoms with E-state index >= 15 is 0 Å². The summed E-state index contributed by atoms with van der Waals surface area (Å²) in [6.07, 6.45) is 8.10. The maximum atomic E-state index is 12.0. The van der Waals surface area contributed by atoms with E-state index in [-0.39, 0.29) is 22.3 Å². The normalized spacial score (nSPS) is 25.1. The Morgan fingerprint density at radius 2 is 2.08 bits per heavy atom. The Bertz CT molecular complexity index is 488. The lowest BCUT2D eigenvalue weighted by atomic mass is 9.70. The molecule has 24 heavy (non-hydrogen) atoms. The van der Waals surface area contributed by atoms with Gasteiger partial charge in [-0.1, -0.05) is 39.8 Å². The second-order valence-corrected chi connectivity index (χ2v) is 13.5. The molecule has 2 atom stereocenters. The highest BCUT2D eigenvalue weighted by Gasteiger charge is 2.37. The van der Waals surface area contributed by atoms with Crippen LogP contribution in [0.4, 0.5) is 0 Å². The standard InChI is InChI=1S/C20H36O3Si/c1-9-20(12-10-14-23-24(7,8)19(3,4)5)13-11-16(2)17(15-20)18(21)22-6/h9,15-16H,1,10-14H2,2-8H3/t16-,20-/m1/s1. The third kappa shape index (κ3) is 5.06. The molecule has 1 aliphatic rings. The van der Waals surface area contributed by atoms with Crippen molar-refractivity contribution in [1.29, 1.82) is 0 Å². The van der Waals surface area contributed by atoms with Gasteiger partial charge in [0, 0.05) is 17.6 Å². The number of ether oxygens (including phenoxy) is 1. The SMILES string of the molecule is C=C[C@]1(CCCO[Si](C)(C)C(C)(C)C)C=C(C(=O)OC)[C@H](C)CC1. The van der Waals surface area contributed by atoms with Crippen LogP contribution in [0.5, 0.6) is 0 Å². The Labute approximate surface area is 149 Å². The average molecular weight is 353 g/mol. The van der Waals surface area contributed by atoms with Crippen LogP contribution < -0.4 is 0 Å². The summed E-state index contributed by atoms with van der Waals surface area (Å²) < 4.78 is 11.2. The minimum atomic E-state index is -1.69. The molecule has 0 N–H and O–H groups in total. The van der Waals surface area contributed by atoms with Gasteiger partial charge in [0.1, 0.15) is 0 Å². The van der Waals surface area contributed by atoms with Crippen LogP contribution in [0.25, 0.3) is 0 Å². The number of methoxy groups -OCH3 is 1. The van der Waals surface area contributed by atoms with Crippen LogP contribution in [0.1, 0.15) is 53.4 Å². The zero-order chi connectivity index (χ0) is 18.6. The number of hydrogen-bond acceptors (Lipinski definition) is 3. The van der Waals surface area contributed by atoms with E-state index in [4.69, 9.17) is 9.16 Å². The molecule has 1 aliphatic carbocycles. The zero-order valence-electron chi connectivity index (χ0n) is 16.7. The minimum Gasteiger partial charge on any atom is -0.466 e. The molecule has 4 heteroatoms. The first kappa shape index (κ1) is 21.2. The van der Waals surface area contributed by atoms with Gasteiger partial charge in [-0.2, -0.15) is 0 Å². The topological polar surface area (TPSA) is 35.5 Å². The van der Waals surface area contributed by atoms with E-state index in [9.17, 15) is 4.79 Å². The molecular formula is C20H36O3Si. The molecule has 0 aromatic heterocycles. The van der Waals surface area contributed by atoms with E-state index in [1.54, 1.807) is 0 Å². The smallest absolute Gasteiger partial charge is 0.333 e. The van der Waals surface area contributed by atoms with Crippen LogP contribution in [0.15, 0.2) is 24.3 Å². The summed E-state index contributed by atoms with van der Waals surface area (Å²) in [4.78, 5) is 12.0. The lowest BCUT2D eigenvalue weighted by Crippen LogP contribution is -2.41. The highest BCUT2D eigenvalue weighted by Crippen LogP contribution is 2.42. The number of carbonyl (C=O) groups excluding carboxylic acids is 1. The van der Waals surface area contributed by atoms with Crippen molar-refractivity contribution in [2.45, 2.75) is 71.5 Å². The summed E-state index contributed by atoms with van der Waals surface area (Å²) in [5.74, 6) is 0.0555. The van der Waals surface area contributed by atoms with Crippen molar-refractivity contribution < 1.29 is 14.0 Å². The van der Waals surface area contributed by atoms with E-state index in [1.165, 1.54) is 7.11 Å². The monoisotopic (exact) mass is 352 g/mol. The van der Waals surface area contributed by atoms with Gasteiger partial charge in [0.15, 0.2) is 8.32 Å². The molecule has 0 amide bonds. The molecule has 0 fully saturated rings.